The van der Waals surface area contributed by atoms with Gasteiger partial charge in [-0.15, -0.1) is 5.10 Å². The Morgan fingerprint density at radius 3 is 2.49 bits per heavy atom. The van der Waals surface area contributed by atoms with E-state index in [0.29, 0.717) is 46.4 Å². The Kier molecular flexibility index (Phi) is 8.11. The predicted molar refractivity (Wildman–Crippen MR) is 149 cm³/mol. The molecule has 1 aromatic carbocycles. The normalized spacial score (nSPS) is 14.6. The first-order chi connectivity index (χ1) is 18.5. The smallest absolute Gasteiger partial charge is 0.273 e. The number of pyridine rings is 1. The second kappa shape index (κ2) is 11.3. The molecule has 4 rings (SSSR count). The lowest BCUT2D eigenvalue weighted by molar-refractivity contribution is 0.0932. The Hall–Kier alpha value is -4.10. The van der Waals surface area contributed by atoms with E-state index in [4.69, 9.17) is 0 Å². The number of likely N-dealkylation sites (tertiary alicyclic amines) is 1. The van der Waals surface area contributed by atoms with Crippen molar-refractivity contribution in [3.63, 3.8) is 0 Å². The summed E-state index contributed by atoms with van der Waals surface area (Å²) in [5, 5.41) is 23.7. The van der Waals surface area contributed by atoms with Gasteiger partial charge in [0.2, 0.25) is 0 Å². The molecule has 0 atom stereocenters. The number of carbonyl (C=O) groups is 2. The van der Waals surface area contributed by atoms with Crippen LogP contribution in [0.25, 0.3) is 5.69 Å². The number of aryl methyl sites for hydroxylation is 1. The number of piperidine rings is 1. The van der Waals surface area contributed by atoms with Gasteiger partial charge in [0.25, 0.3) is 11.8 Å². The number of nitrogens with one attached hydrogen (secondary N) is 2. The lowest BCUT2D eigenvalue weighted by Gasteiger charge is -2.28. The van der Waals surface area contributed by atoms with Gasteiger partial charge in [-0.1, -0.05) is 26.0 Å². The van der Waals surface area contributed by atoms with Crippen molar-refractivity contribution in [3.05, 3.63) is 64.2 Å². The van der Waals surface area contributed by atoms with Crippen LogP contribution in [0.5, 0.6) is 0 Å². The molecule has 2 N–H and O–H groups in total. The van der Waals surface area contributed by atoms with Crippen LogP contribution >= 0.6 is 0 Å². The number of hydrogen-bond acceptors (Lipinski definition) is 7. The van der Waals surface area contributed by atoms with Gasteiger partial charge in [-0.2, -0.15) is 5.26 Å². The first kappa shape index (κ1) is 27.9. The molecule has 1 fully saturated rings. The summed E-state index contributed by atoms with van der Waals surface area (Å²) in [7, 11) is 2.11. The molecule has 1 saturated heterocycles. The number of aromatic nitrogens is 4. The number of anilines is 1. The summed E-state index contributed by atoms with van der Waals surface area (Å²) < 4.78 is 1.57. The van der Waals surface area contributed by atoms with E-state index in [1.54, 1.807) is 42.1 Å². The van der Waals surface area contributed by atoms with Gasteiger partial charge < -0.3 is 15.5 Å². The molecule has 1 aliphatic rings. The average Bonchev–Trinajstić information content (AvgIpc) is 3.29. The fourth-order valence-electron chi connectivity index (χ4n) is 4.62. The molecular weight excluding hydrogens is 492 g/mol. The van der Waals surface area contributed by atoms with Crippen LogP contribution in [-0.2, 0) is 5.41 Å². The van der Waals surface area contributed by atoms with Gasteiger partial charge in [-0.05, 0) is 88.0 Å². The van der Waals surface area contributed by atoms with Crippen molar-refractivity contribution in [2.24, 2.45) is 5.92 Å². The zero-order valence-corrected chi connectivity index (χ0v) is 23.5. The van der Waals surface area contributed by atoms with Crippen molar-refractivity contribution < 1.29 is 9.59 Å². The van der Waals surface area contributed by atoms with Crippen molar-refractivity contribution in [2.45, 2.75) is 52.9 Å². The van der Waals surface area contributed by atoms with E-state index in [2.05, 4.69) is 43.9 Å². The Bertz CT molecular complexity index is 1420. The average molecular weight is 529 g/mol. The van der Waals surface area contributed by atoms with E-state index in [0.717, 1.165) is 31.5 Å². The number of nitriles is 1. The second-order valence-corrected chi connectivity index (χ2v) is 11.3. The van der Waals surface area contributed by atoms with E-state index in [9.17, 15) is 14.9 Å². The molecule has 10 nitrogen and oxygen atoms in total. The van der Waals surface area contributed by atoms with Crippen molar-refractivity contribution in [1.29, 1.82) is 5.26 Å². The highest BCUT2D eigenvalue weighted by atomic mass is 16.2. The van der Waals surface area contributed by atoms with E-state index < -0.39 is 0 Å². The Balaban J connectivity index is 1.51. The van der Waals surface area contributed by atoms with E-state index >= 15 is 0 Å². The molecule has 39 heavy (non-hydrogen) atoms. The summed E-state index contributed by atoms with van der Waals surface area (Å²) in [6, 6.07) is 9.07. The molecule has 2 aromatic heterocycles. The van der Waals surface area contributed by atoms with Gasteiger partial charge in [0.05, 0.1) is 40.6 Å². The fourth-order valence-corrected chi connectivity index (χ4v) is 4.62. The minimum Gasteiger partial charge on any atom is -0.350 e. The van der Waals surface area contributed by atoms with Gasteiger partial charge in [-0.3, -0.25) is 14.6 Å². The van der Waals surface area contributed by atoms with E-state index in [1.165, 1.54) is 0 Å². The van der Waals surface area contributed by atoms with Crippen molar-refractivity contribution >= 4 is 17.5 Å². The monoisotopic (exact) mass is 528 g/mol. The predicted octanol–water partition coefficient (Wildman–Crippen LogP) is 3.77. The van der Waals surface area contributed by atoms with Crippen LogP contribution in [0.1, 0.15) is 77.0 Å². The van der Waals surface area contributed by atoms with Gasteiger partial charge in [0.1, 0.15) is 0 Å². The number of amides is 2. The van der Waals surface area contributed by atoms with Crippen molar-refractivity contribution in [3.8, 4) is 11.8 Å². The molecule has 2 amide bonds. The maximum absolute atomic E-state index is 13.1. The molecule has 0 aliphatic carbocycles. The van der Waals surface area contributed by atoms with Gasteiger partial charge in [-0.25, -0.2) is 4.68 Å². The summed E-state index contributed by atoms with van der Waals surface area (Å²) in [6.07, 6.45) is 3.69. The highest BCUT2D eigenvalue weighted by molar-refractivity contribution is 6.04. The summed E-state index contributed by atoms with van der Waals surface area (Å²) in [6.45, 7) is 12.4. The summed E-state index contributed by atoms with van der Waals surface area (Å²) >= 11 is 0. The summed E-state index contributed by atoms with van der Waals surface area (Å²) in [5.74, 6) is -0.140. The van der Waals surface area contributed by atoms with Crippen LogP contribution in [-0.4, -0.2) is 63.4 Å². The largest absolute Gasteiger partial charge is 0.350 e. The van der Waals surface area contributed by atoms with E-state index in [-0.39, 0.29) is 22.9 Å². The quantitative estimate of drug-likeness (QED) is 0.498. The van der Waals surface area contributed by atoms with Crippen LogP contribution < -0.4 is 10.6 Å². The van der Waals surface area contributed by atoms with Crippen LogP contribution in [0, 0.1) is 31.1 Å². The van der Waals surface area contributed by atoms with Crippen LogP contribution in [0.3, 0.4) is 0 Å². The molecule has 204 valence electrons. The maximum atomic E-state index is 13.1. The van der Waals surface area contributed by atoms with Gasteiger partial charge >= 0.3 is 0 Å². The molecule has 3 heterocycles. The molecule has 3 aromatic rings. The lowest BCUT2D eigenvalue weighted by Crippen LogP contribution is -2.37. The van der Waals surface area contributed by atoms with Crippen molar-refractivity contribution in [2.75, 3.05) is 32.0 Å². The Labute approximate surface area is 229 Å². The molecule has 0 saturated carbocycles. The van der Waals surface area contributed by atoms with E-state index in [1.807, 2.05) is 27.7 Å². The summed E-state index contributed by atoms with van der Waals surface area (Å²) in [4.78, 5) is 32.8. The van der Waals surface area contributed by atoms with Crippen LogP contribution in [0.4, 0.5) is 5.69 Å². The molecule has 10 heteroatoms. The minimum absolute atomic E-state index is 0.220. The third kappa shape index (κ3) is 6.49. The van der Waals surface area contributed by atoms with Crippen LogP contribution in [0.2, 0.25) is 0 Å². The standard InChI is InChI=1S/C29H36N8O2/c1-18-25(37-19(2)26(34-35-37)28(39)32-16-20-7-9-36(6)10-8-20)14-24(17-31-18)33-27(38)22-11-21(15-30)12-23(13-22)29(3,4)5/h11-14,17,20H,7-10,16H2,1-6H3,(H,32,39)(H,33,38). The fraction of sp³-hybridized carbons (Fsp3) is 0.448. The maximum Gasteiger partial charge on any atom is 0.273 e. The molecule has 0 radical (unpaired) electrons. The number of benzene rings is 1. The number of nitrogens with zero attached hydrogens (tertiary/aromatic N) is 6. The zero-order chi connectivity index (χ0) is 28.3. The number of rotatable bonds is 6. The highest BCUT2D eigenvalue weighted by Crippen LogP contribution is 2.26. The lowest BCUT2D eigenvalue weighted by atomic mass is 9.85. The number of hydrogen-bond donors (Lipinski definition) is 2. The zero-order valence-electron chi connectivity index (χ0n) is 23.5. The first-order valence-corrected chi connectivity index (χ1v) is 13.2. The van der Waals surface area contributed by atoms with Crippen molar-refractivity contribution in [1.82, 2.24) is 30.2 Å². The van der Waals surface area contributed by atoms with Crippen LogP contribution in [0.15, 0.2) is 30.5 Å². The van der Waals surface area contributed by atoms with Gasteiger partial charge in [0.15, 0.2) is 5.69 Å². The second-order valence-electron chi connectivity index (χ2n) is 11.3. The Morgan fingerprint density at radius 2 is 1.82 bits per heavy atom. The summed E-state index contributed by atoms with van der Waals surface area (Å²) in [5.41, 5.74) is 4.08. The number of carbonyl (C=O) groups excluding carboxylic acids is 2. The van der Waals surface area contributed by atoms with Gasteiger partial charge in [0, 0.05) is 12.1 Å². The first-order valence-electron chi connectivity index (χ1n) is 13.2. The molecule has 0 spiro atoms. The SMILES string of the molecule is Cc1ncc(NC(=O)c2cc(C#N)cc(C(C)(C)C)c2)cc1-n1nnc(C(=O)NCC2CCN(C)CC2)c1C. The third-order valence-corrected chi connectivity index (χ3v) is 7.24. The highest BCUT2D eigenvalue weighted by Gasteiger charge is 2.22. The molecule has 0 unspecified atom stereocenters. The Morgan fingerprint density at radius 1 is 1.10 bits per heavy atom. The molecule has 1 aliphatic heterocycles. The topological polar surface area (TPSA) is 129 Å². The molecular formula is C29H36N8O2. The third-order valence-electron chi connectivity index (χ3n) is 7.24. The molecule has 0 bridgehead atoms. The minimum atomic E-state index is -0.349.